The molecule has 0 spiro atoms. The van der Waals surface area contributed by atoms with Gasteiger partial charge in [0, 0.05) is 0 Å². The highest BCUT2D eigenvalue weighted by Gasteiger charge is 2.29. The number of hydrogen-bond donors (Lipinski definition) is 2. The SMILES string of the molecule is COC(=O)C(NC(=O)[C@H]1CCCN1)C(C)C. The molecule has 92 valence electrons. The number of carbonyl (C=O) groups excluding carboxylic acids is 2. The monoisotopic (exact) mass is 228 g/mol. The van der Waals surface area contributed by atoms with Crippen LogP contribution in [-0.4, -0.2) is 37.6 Å². The van der Waals surface area contributed by atoms with Crippen molar-refractivity contribution < 1.29 is 14.3 Å². The van der Waals surface area contributed by atoms with E-state index in [0.29, 0.717) is 0 Å². The van der Waals surface area contributed by atoms with E-state index in [2.05, 4.69) is 15.4 Å². The van der Waals surface area contributed by atoms with E-state index >= 15 is 0 Å². The summed E-state index contributed by atoms with van der Waals surface area (Å²) >= 11 is 0. The van der Waals surface area contributed by atoms with Crippen molar-refractivity contribution in [1.82, 2.24) is 10.6 Å². The zero-order valence-corrected chi connectivity index (χ0v) is 10.1. The van der Waals surface area contributed by atoms with Gasteiger partial charge in [-0.25, -0.2) is 4.79 Å². The van der Waals surface area contributed by atoms with Gasteiger partial charge in [-0.1, -0.05) is 13.8 Å². The molecule has 1 heterocycles. The molecule has 0 bridgehead atoms. The summed E-state index contributed by atoms with van der Waals surface area (Å²) in [4.78, 5) is 23.2. The minimum Gasteiger partial charge on any atom is -0.467 e. The van der Waals surface area contributed by atoms with E-state index < -0.39 is 6.04 Å². The average Bonchev–Trinajstić information content (AvgIpc) is 2.77. The first kappa shape index (κ1) is 13.0. The molecule has 1 aliphatic heterocycles. The van der Waals surface area contributed by atoms with Crippen molar-refractivity contribution in [3.8, 4) is 0 Å². The lowest BCUT2D eigenvalue weighted by atomic mass is 10.0. The molecular formula is C11H20N2O3. The maximum atomic E-state index is 11.8. The molecule has 0 aromatic rings. The van der Waals surface area contributed by atoms with Crippen LogP contribution < -0.4 is 10.6 Å². The molecule has 2 N–H and O–H groups in total. The summed E-state index contributed by atoms with van der Waals surface area (Å²) in [5, 5.41) is 5.83. The molecule has 1 aliphatic rings. The third-order valence-electron chi connectivity index (χ3n) is 2.80. The van der Waals surface area contributed by atoms with Crippen LogP contribution in [0.3, 0.4) is 0 Å². The molecule has 1 fully saturated rings. The van der Waals surface area contributed by atoms with E-state index in [-0.39, 0.29) is 23.8 Å². The molecular weight excluding hydrogens is 208 g/mol. The van der Waals surface area contributed by atoms with Crippen molar-refractivity contribution >= 4 is 11.9 Å². The van der Waals surface area contributed by atoms with Gasteiger partial charge in [0.25, 0.3) is 0 Å². The largest absolute Gasteiger partial charge is 0.467 e. The number of amides is 1. The Morgan fingerprint density at radius 3 is 2.56 bits per heavy atom. The number of methoxy groups -OCH3 is 1. The first-order chi connectivity index (χ1) is 7.56. The molecule has 5 nitrogen and oxygen atoms in total. The molecule has 0 aliphatic carbocycles. The van der Waals surface area contributed by atoms with Gasteiger partial charge in [0.15, 0.2) is 0 Å². The first-order valence-electron chi connectivity index (χ1n) is 5.68. The summed E-state index contributed by atoms with van der Waals surface area (Å²) in [5.41, 5.74) is 0. The molecule has 0 aromatic heterocycles. The van der Waals surface area contributed by atoms with Crippen molar-refractivity contribution in [2.24, 2.45) is 5.92 Å². The van der Waals surface area contributed by atoms with E-state index in [1.807, 2.05) is 13.8 Å². The van der Waals surface area contributed by atoms with Gasteiger partial charge >= 0.3 is 5.97 Å². The summed E-state index contributed by atoms with van der Waals surface area (Å²) in [6.07, 6.45) is 1.83. The van der Waals surface area contributed by atoms with Crippen LogP contribution in [0.25, 0.3) is 0 Å². The highest BCUT2D eigenvalue weighted by Crippen LogP contribution is 2.08. The first-order valence-corrected chi connectivity index (χ1v) is 5.68. The average molecular weight is 228 g/mol. The molecule has 16 heavy (non-hydrogen) atoms. The predicted octanol–water partition coefficient (Wildman–Crippen LogP) is 0.0522. The Morgan fingerprint density at radius 2 is 2.12 bits per heavy atom. The summed E-state index contributed by atoms with van der Waals surface area (Å²) in [6.45, 7) is 4.62. The summed E-state index contributed by atoms with van der Waals surface area (Å²) in [5.74, 6) is -0.472. The summed E-state index contributed by atoms with van der Waals surface area (Å²) < 4.78 is 4.66. The molecule has 0 aromatic carbocycles. The van der Waals surface area contributed by atoms with Gasteiger partial charge in [0.2, 0.25) is 5.91 Å². The van der Waals surface area contributed by atoms with Crippen molar-refractivity contribution in [3.05, 3.63) is 0 Å². The van der Waals surface area contributed by atoms with E-state index in [9.17, 15) is 9.59 Å². The molecule has 1 amide bonds. The quantitative estimate of drug-likeness (QED) is 0.667. The van der Waals surface area contributed by atoms with Gasteiger partial charge in [-0.2, -0.15) is 0 Å². The van der Waals surface area contributed by atoms with Gasteiger partial charge < -0.3 is 15.4 Å². The van der Waals surface area contributed by atoms with Crippen molar-refractivity contribution in [2.45, 2.75) is 38.8 Å². The van der Waals surface area contributed by atoms with Gasteiger partial charge in [0.05, 0.1) is 13.2 Å². The zero-order chi connectivity index (χ0) is 12.1. The van der Waals surface area contributed by atoms with Crippen LogP contribution in [0.5, 0.6) is 0 Å². The normalized spacial score (nSPS) is 21.9. The number of rotatable bonds is 4. The smallest absolute Gasteiger partial charge is 0.328 e. The third-order valence-corrected chi connectivity index (χ3v) is 2.80. The molecule has 0 saturated carbocycles. The Morgan fingerprint density at radius 1 is 1.44 bits per heavy atom. The lowest BCUT2D eigenvalue weighted by molar-refractivity contribution is -0.146. The molecule has 2 atom stereocenters. The highest BCUT2D eigenvalue weighted by molar-refractivity contribution is 5.87. The van der Waals surface area contributed by atoms with E-state index in [4.69, 9.17) is 0 Å². The standard InChI is InChI=1S/C11H20N2O3/c1-7(2)9(11(15)16-3)13-10(14)8-5-4-6-12-8/h7-9,12H,4-6H2,1-3H3,(H,13,14)/t8-,9?/m1/s1. The van der Waals surface area contributed by atoms with Crippen LogP contribution >= 0.6 is 0 Å². The second-order valence-electron chi connectivity index (χ2n) is 4.40. The van der Waals surface area contributed by atoms with Crippen LogP contribution in [0.1, 0.15) is 26.7 Å². The number of esters is 1. The molecule has 0 radical (unpaired) electrons. The van der Waals surface area contributed by atoms with E-state index in [0.717, 1.165) is 19.4 Å². The number of carbonyl (C=O) groups is 2. The lowest BCUT2D eigenvalue weighted by Gasteiger charge is -2.21. The van der Waals surface area contributed by atoms with Crippen molar-refractivity contribution in [2.75, 3.05) is 13.7 Å². The number of hydrogen-bond acceptors (Lipinski definition) is 4. The Labute approximate surface area is 95.9 Å². The topological polar surface area (TPSA) is 67.4 Å². The minimum atomic E-state index is -0.556. The third kappa shape index (κ3) is 3.20. The summed E-state index contributed by atoms with van der Waals surface area (Å²) in [6, 6.07) is -0.717. The van der Waals surface area contributed by atoms with Crippen LogP contribution in [0, 0.1) is 5.92 Å². The Kier molecular flexibility index (Phi) is 4.73. The zero-order valence-electron chi connectivity index (χ0n) is 10.1. The highest BCUT2D eigenvalue weighted by atomic mass is 16.5. The van der Waals surface area contributed by atoms with Crippen LogP contribution in [0.2, 0.25) is 0 Å². The Bertz CT molecular complexity index is 260. The minimum absolute atomic E-state index is 0.0257. The number of nitrogens with one attached hydrogen (secondary N) is 2. The van der Waals surface area contributed by atoms with Gasteiger partial charge in [-0.05, 0) is 25.3 Å². The fourth-order valence-electron chi connectivity index (χ4n) is 1.79. The Balaban J connectivity index is 2.53. The fourth-order valence-corrected chi connectivity index (χ4v) is 1.79. The van der Waals surface area contributed by atoms with Crippen LogP contribution in [0.15, 0.2) is 0 Å². The van der Waals surface area contributed by atoms with Crippen LogP contribution in [0.4, 0.5) is 0 Å². The van der Waals surface area contributed by atoms with E-state index in [1.54, 1.807) is 0 Å². The molecule has 5 heteroatoms. The molecule has 1 saturated heterocycles. The maximum absolute atomic E-state index is 11.8. The second kappa shape index (κ2) is 5.84. The van der Waals surface area contributed by atoms with Crippen molar-refractivity contribution in [3.63, 3.8) is 0 Å². The van der Waals surface area contributed by atoms with Gasteiger partial charge in [-0.15, -0.1) is 0 Å². The van der Waals surface area contributed by atoms with Gasteiger partial charge in [0.1, 0.15) is 6.04 Å². The number of ether oxygens (including phenoxy) is 1. The fraction of sp³-hybridized carbons (Fsp3) is 0.818. The lowest BCUT2D eigenvalue weighted by Crippen LogP contribution is -2.50. The second-order valence-corrected chi connectivity index (χ2v) is 4.40. The Hall–Kier alpha value is -1.10. The van der Waals surface area contributed by atoms with Crippen LogP contribution in [-0.2, 0) is 14.3 Å². The van der Waals surface area contributed by atoms with Gasteiger partial charge in [-0.3, -0.25) is 4.79 Å². The van der Waals surface area contributed by atoms with Crippen molar-refractivity contribution in [1.29, 1.82) is 0 Å². The predicted molar refractivity (Wildman–Crippen MR) is 59.8 cm³/mol. The molecule has 1 rings (SSSR count). The summed E-state index contributed by atoms with van der Waals surface area (Å²) in [7, 11) is 1.33. The van der Waals surface area contributed by atoms with E-state index in [1.165, 1.54) is 7.11 Å². The molecule has 1 unspecified atom stereocenters. The maximum Gasteiger partial charge on any atom is 0.328 e.